The monoisotopic (exact) mass is 362 g/mol. The Labute approximate surface area is 153 Å². The molecule has 1 fully saturated rings. The van der Waals surface area contributed by atoms with Crippen molar-refractivity contribution in [2.24, 2.45) is 0 Å². The van der Waals surface area contributed by atoms with Gasteiger partial charge in [-0.3, -0.25) is 14.4 Å². The lowest BCUT2D eigenvalue weighted by Gasteiger charge is -2.35. The van der Waals surface area contributed by atoms with Crippen LogP contribution in [0.15, 0.2) is 24.3 Å². The van der Waals surface area contributed by atoms with Gasteiger partial charge < -0.3 is 19.7 Å². The van der Waals surface area contributed by atoms with Gasteiger partial charge in [-0.15, -0.1) is 0 Å². The predicted molar refractivity (Wildman–Crippen MR) is 95.9 cm³/mol. The summed E-state index contributed by atoms with van der Waals surface area (Å²) in [6.07, 6.45) is 4.00. The van der Waals surface area contributed by atoms with E-state index in [-0.39, 0.29) is 25.1 Å². The lowest BCUT2D eigenvalue weighted by Crippen LogP contribution is -2.45. The van der Waals surface area contributed by atoms with Crippen molar-refractivity contribution in [3.63, 3.8) is 0 Å². The molecule has 0 unspecified atom stereocenters. The molecule has 2 rings (SSSR count). The van der Waals surface area contributed by atoms with E-state index in [1.165, 1.54) is 0 Å². The highest BCUT2D eigenvalue weighted by atomic mass is 16.5. The molecule has 1 heterocycles. The van der Waals surface area contributed by atoms with Gasteiger partial charge >= 0.3 is 5.97 Å². The minimum absolute atomic E-state index is 0.175. The third-order valence-electron chi connectivity index (χ3n) is 4.52. The summed E-state index contributed by atoms with van der Waals surface area (Å²) in [6, 6.07) is 6.75. The van der Waals surface area contributed by atoms with Gasteiger partial charge in [0.25, 0.3) is 11.8 Å². The number of likely N-dealkylation sites (tertiary alicyclic amines) is 1. The van der Waals surface area contributed by atoms with Gasteiger partial charge in [-0.25, -0.2) is 0 Å². The van der Waals surface area contributed by atoms with Gasteiger partial charge in [0.05, 0.1) is 7.11 Å². The number of ether oxygens (including phenoxy) is 2. The smallest absolute Gasteiger partial charge is 0.325 e. The fourth-order valence-electron chi connectivity index (χ4n) is 3.03. The molecule has 0 aromatic heterocycles. The van der Waals surface area contributed by atoms with Crippen molar-refractivity contribution in [2.75, 3.05) is 26.8 Å². The average Bonchev–Trinajstić information content (AvgIpc) is 2.70. The Bertz CT molecular complexity index is 629. The first kappa shape index (κ1) is 19.8. The van der Waals surface area contributed by atoms with Crippen LogP contribution in [0, 0.1) is 0 Å². The molecule has 1 aliphatic heterocycles. The highest BCUT2D eigenvalue weighted by Gasteiger charge is 2.25. The Morgan fingerprint density at radius 2 is 1.92 bits per heavy atom. The van der Waals surface area contributed by atoms with Crippen molar-refractivity contribution in [1.29, 1.82) is 0 Å². The van der Waals surface area contributed by atoms with E-state index < -0.39 is 11.9 Å². The second-order valence-corrected chi connectivity index (χ2v) is 6.22. The van der Waals surface area contributed by atoms with E-state index in [0.717, 1.165) is 25.7 Å². The number of amides is 2. The van der Waals surface area contributed by atoms with Crippen LogP contribution in [0.4, 0.5) is 0 Å². The fraction of sp³-hybridized carbons (Fsp3) is 0.526. The van der Waals surface area contributed by atoms with E-state index in [1.807, 2.05) is 0 Å². The minimum Gasteiger partial charge on any atom is -0.497 e. The third-order valence-corrected chi connectivity index (χ3v) is 4.52. The van der Waals surface area contributed by atoms with Gasteiger partial charge in [0.15, 0.2) is 6.61 Å². The molecule has 0 saturated carbocycles. The first-order valence-corrected chi connectivity index (χ1v) is 8.92. The molecule has 1 aromatic carbocycles. The minimum atomic E-state index is -0.634. The number of benzene rings is 1. The van der Waals surface area contributed by atoms with Gasteiger partial charge in [0.1, 0.15) is 12.3 Å². The van der Waals surface area contributed by atoms with E-state index in [0.29, 0.717) is 17.9 Å². The maximum Gasteiger partial charge on any atom is 0.325 e. The van der Waals surface area contributed by atoms with Crippen LogP contribution in [0.1, 0.15) is 43.0 Å². The SMILES string of the molecule is CC[C@H]1CCCCN1C(=O)COC(=O)CNC(=O)c1ccc(OC)cc1. The van der Waals surface area contributed by atoms with Gasteiger partial charge in [0, 0.05) is 18.2 Å². The summed E-state index contributed by atoms with van der Waals surface area (Å²) in [5, 5.41) is 2.48. The number of hydrogen-bond donors (Lipinski definition) is 1. The second kappa shape index (κ2) is 9.79. The van der Waals surface area contributed by atoms with Crippen molar-refractivity contribution in [1.82, 2.24) is 10.2 Å². The lowest BCUT2D eigenvalue weighted by molar-refractivity contribution is -0.152. The van der Waals surface area contributed by atoms with Crippen molar-refractivity contribution in [3.05, 3.63) is 29.8 Å². The number of carbonyl (C=O) groups is 3. The van der Waals surface area contributed by atoms with Gasteiger partial charge in [0.2, 0.25) is 0 Å². The van der Waals surface area contributed by atoms with Crippen molar-refractivity contribution in [3.8, 4) is 5.75 Å². The summed E-state index contributed by atoms with van der Waals surface area (Å²) in [4.78, 5) is 37.8. The van der Waals surface area contributed by atoms with Crippen molar-refractivity contribution in [2.45, 2.75) is 38.6 Å². The zero-order valence-corrected chi connectivity index (χ0v) is 15.3. The Morgan fingerprint density at radius 1 is 1.19 bits per heavy atom. The summed E-state index contributed by atoms with van der Waals surface area (Å²) in [5.41, 5.74) is 0.411. The van der Waals surface area contributed by atoms with Crippen LogP contribution in [0.25, 0.3) is 0 Å². The molecule has 2 amide bonds. The van der Waals surface area contributed by atoms with Gasteiger partial charge in [-0.2, -0.15) is 0 Å². The predicted octanol–water partition coefficient (Wildman–Crippen LogP) is 1.76. The maximum absolute atomic E-state index is 12.2. The lowest BCUT2D eigenvalue weighted by atomic mass is 10.00. The number of rotatable bonds is 7. The molecule has 1 saturated heterocycles. The highest BCUT2D eigenvalue weighted by Crippen LogP contribution is 2.19. The van der Waals surface area contributed by atoms with Crippen LogP contribution in [0.5, 0.6) is 5.75 Å². The Kier molecular flexibility index (Phi) is 7.44. The standard InChI is InChI=1S/C19H26N2O5/c1-3-15-6-4-5-11-21(15)17(22)13-26-18(23)12-20-19(24)14-7-9-16(25-2)10-8-14/h7-10,15H,3-6,11-13H2,1-2H3,(H,20,24)/t15-/m0/s1. The topological polar surface area (TPSA) is 84.9 Å². The van der Waals surface area contributed by atoms with Gasteiger partial charge in [-0.05, 0) is 49.9 Å². The molecule has 1 aromatic rings. The molecular weight excluding hydrogens is 336 g/mol. The summed E-state index contributed by atoms with van der Waals surface area (Å²) in [6.45, 7) is 2.20. The summed E-state index contributed by atoms with van der Waals surface area (Å²) < 4.78 is 10.0. The maximum atomic E-state index is 12.2. The molecule has 26 heavy (non-hydrogen) atoms. The molecule has 142 valence electrons. The van der Waals surface area contributed by atoms with Crippen LogP contribution in [-0.2, 0) is 14.3 Å². The molecule has 1 N–H and O–H groups in total. The summed E-state index contributed by atoms with van der Waals surface area (Å²) in [7, 11) is 1.54. The quantitative estimate of drug-likeness (QED) is 0.747. The zero-order valence-electron chi connectivity index (χ0n) is 15.3. The Morgan fingerprint density at radius 3 is 2.58 bits per heavy atom. The van der Waals surface area contributed by atoms with E-state index >= 15 is 0 Å². The number of esters is 1. The molecule has 0 radical (unpaired) electrons. The number of hydrogen-bond acceptors (Lipinski definition) is 5. The molecule has 0 aliphatic carbocycles. The van der Waals surface area contributed by atoms with Crippen LogP contribution < -0.4 is 10.1 Å². The number of carbonyl (C=O) groups excluding carboxylic acids is 3. The van der Waals surface area contributed by atoms with E-state index in [9.17, 15) is 14.4 Å². The second-order valence-electron chi connectivity index (χ2n) is 6.22. The summed E-state index contributed by atoms with van der Waals surface area (Å²) >= 11 is 0. The van der Waals surface area contributed by atoms with Crippen LogP contribution in [0.2, 0.25) is 0 Å². The van der Waals surface area contributed by atoms with Gasteiger partial charge in [-0.1, -0.05) is 6.92 Å². The third kappa shape index (κ3) is 5.47. The van der Waals surface area contributed by atoms with Crippen molar-refractivity contribution < 1.29 is 23.9 Å². The summed E-state index contributed by atoms with van der Waals surface area (Å²) in [5.74, 6) is -0.558. The number of methoxy groups -OCH3 is 1. The van der Waals surface area contributed by atoms with Crippen LogP contribution >= 0.6 is 0 Å². The van der Waals surface area contributed by atoms with E-state index in [2.05, 4.69) is 12.2 Å². The Hall–Kier alpha value is -2.57. The molecule has 0 bridgehead atoms. The Balaban J connectivity index is 1.74. The van der Waals surface area contributed by atoms with Crippen LogP contribution in [-0.4, -0.2) is 55.5 Å². The number of nitrogens with one attached hydrogen (secondary N) is 1. The van der Waals surface area contributed by atoms with Crippen molar-refractivity contribution >= 4 is 17.8 Å². The first-order chi connectivity index (χ1) is 12.5. The molecule has 0 spiro atoms. The molecule has 1 atom stereocenters. The van der Waals surface area contributed by atoms with E-state index in [4.69, 9.17) is 9.47 Å². The van der Waals surface area contributed by atoms with E-state index in [1.54, 1.807) is 36.3 Å². The largest absolute Gasteiger partial charge is 0.497 e. The zero-order chi connectivity index (χ0) is 18.9. The fourth-order valence-corrected chi connectivity index (χ4v) is 3.03. The molecule has 1 aliphatic rings. The number of nitrogens with zero attached hydrogens (tertiary/aromatic N) is 1. The molecule has 7 heteroatoms. The normalized spacial score (nSPS) is 16.7. The molecular formula is C19H26N2O5. The highest BCUT2D eigenvalue weighted by molar-refractivity contribution is 5.96. The van der Waals surface area contributed by atoms with Crippen LogP contribution in [0.3, 0.4) is 0 Å². The number of piperidine rings is 1. The first-order valence-electron chi connectivity index (χ1n) is 8.92. The average molecular weight is 362 g/mol. The molecule has 7 nitrogen and oxygen atoms in total.